The van der Waals surface area contributed by atoms with Gasteiger partial charge < -0.3 is 33.8 Å². The average molecular weight is 1270 g/mol. The first-order chi connectivity index (χ1) is 41.7. The molecule has 506 valence electrons. The third kappa shape index (κ3) is 60.5. The molecule has 3 N–H and O–H groups in total. The Balaban J connectivity index is 5.14. The van der Waals surface area contributed by atoms with Crippen molar-refractivity contribution >= 4 is 39.5 Å². The summed E-state index contributed by atoms with van der Waals surface area (Å²) in [6.07, 6.45) is 51.4. The van der Waals surface area contributed by atoms with Crippen molar-refractivity contribution in [3.05, 3.63) is 24.3 Å². The average Bonchev–Trinajstić information content (AvgIpc) is 3.59. The lowest BCUT2D eigenvalue weighted by atomic mass is 10.0. The van der Waals surface area contributed by atoms with E-state index in [2.05, 4.69) is 52.0 Å². The van der Waals surface area contributed by atoms with Gasteiger partial charge in [-0.1, -0.05) is 270 Å². The van der Waals surface area contributed by atoms with Crippen molar-refractivity contribution in [2.24, 2.45) is 0 Å². The van der Waals surface area contributed by atoms with E-state index in [0.29, 0.717) is 25.7 Å². The van der Waals surface area contributed by atoms with Gasteiger partial charge >= 0.3 is 39.5 Å². The highest BCUT2D eigenvalue weighted by Gasteiger charge is 2.30. The van der Waals surface area contributed by atoms with E-state index in [-0.39, 0.29) is 25.7 Å². The molecule has 0 fully saturated rings. The molecule has 0 spiro atoms. The Kier molecular flexibility index (Phi) is 59.6. The highest BCUT2D eigenvalue weighted by Crippen LogP contribution is 2.45. The molecule has 19 heteroatoms. The second-order valence-corrected chi connectivity index (χ2v) is 26.4. The highest BCUT2D eigenvalue weighted by atomic mass is 31.2. The Labute approximate surface area is 522 Å². The molecule has 0 aromatic rings. The van der Waals surface area contributed by atoms with Crippen LogP contribution < -0.4 is 0 Å². The van der Waals surface area contributed by atoms with Crippen LogP contribution in [0.1, 0.15) is 323 Å². The van der Waals surface area contributed by atoms with Crippen LogP contribution in [0.2, 0.25) is 0 Å². The standard InChI is InChI=1S/C67H126O17P2/c1-5-9-13-17-20-22-24-26-28-29-30-31-33-35-37-39-42-46-50-54-67(72)84-63(58-78-65(70)52-48-44-41-38-36-34-32-27-25-23-21-18-14-10-6-2)60-82-86(75,76)80-56-61(68)55-79-85(73,74)81-59-62(57-77-64(69)51-47-43-16-12-8-4)83-66(71)53-49-45-40-19-15-11-7-3/h23,25,27,32,61-63,68H,5-22,24,26,28-31,33-60H2,1-4H3,(H,73,74)(H,75,76)/b25-23-,32-27-/t61-,62+,63+/m0/s1. The van der Waals surface area contributed by atoms with Gasteiger partial charge in [0.25, 0.3) is 0 Å². The molecule has 0 aliphatic heterocycles. The number of allylic oxidation sites excluding steroid dienone is 4. The molecule has 2 unspecified atom stereocenters. The zero-order chi connectivity index (χ0) is 63.3. The molecule has 5 atom stereocenters. The molecule has 0 amide bonds. The number of phosphoric ester groups is 2. The number of hydrogen-bond acceptors (Lipinski definition) is 15. The maximum atomic E-state index is 13.0. The van der Waals surface area contributed by atoms with Crippen molar-refractivity contribution in [3.63, 3.8) is 0 Å². The normalized spacial score (nSPS) is 14.3. The van der Waals surface area contributed by atoms with E-state index < -0.39 is 97.5 Å². The number of aliphatic hydroxyl groups excluding tert-OH is 1. The lowest BCUT2D eigenvalue weighted by Gasteiger charge is -2.21. The van der Waals surface area contributed by atoms with Crippen LogP contribution in [0.5, 0.6) is 0 Å². The van der Waals surface area contributed by atoms with Crippen molar-refractivity contribution in [1.82, 2.24) is 0 Å². The van der Waals surface area contributed by atoms with E-state index in [1.165, 1.54) is 116 Å². The summed E-state index contributed by atoms with van der Waals surface area (Å²) >= 11 is 0. The van der Waals surface area contributed by atoms with E-state index in [1.807, 2.05) is 0 Å². The Morgan fingerprint density at radius 2 is 0.558 bits per heavy atom. The van der Waals surface area contributed by atoms with E-state index in [1.54, 1.807) is 0 Å². The molecule has 0 aliphatic carbocycles. The van der Waals surface area contributed by atoms with Crippen LogP contribution in [0.15, 0.2) is 24.3 Å². The maximum absolute atomic E-state index is 13.0. The predicted molar refractivity (Wildman–Crippen MR) is 345 cm³/mol. The van der Waals surface area contributed by atoms with E-state index in [0.717, 1.165) is 128 Å². The third-order valence-electron chi connectivity index (χ3n) is 15.0. The monoisotopic (exact) mass is 1260 g/mol. The second-order valence-electron chi connectivity index (χ2n) is 23.5. The van der Waals surface area contributed by atoms with Gasteiger partial charge in [-0.2, -0.15) is 0 Å². The van der Waals surface area contributed by atoms with Gasteiger partial charge in [-0.05, 0) is 51.4 Å². The molecule has 0 aliphatic rings. The first-order valence-electron chi connectivity index (χ1n) is 34.6. The third-order valence-corrected chi connectivity index (χ3v) is 16.9. The Morgan fingerprint density at radius 1 is 0.326 bits per heavy atom. The smallest absolute Gasteiger partial charge is 0.462 e. The molecule has 0 saturated carbocycles. The minimum Gasteiger partial charge on any atom is -0.462 e. The van der Waals surface area contributed by atoms with Gasteiger partial charge in [0.2, 0.25) is 0 Å². The number of rotatable bonds is 66. The van der Waals surface area contributed by atoms with Gasteiger partial charge in [0.1, 0.15) is 19.3 Å². The molecule has 0 saturated heterocycles. The molecular formula is C67H126O17P2. The summed E-state index contributed by atoms with van der Waals surface area (Å²) in [5.41, 5.74) is 0. The van der Waals surface area contributed by atoms with Crippen LogP contribution in [0.3, 0.4) is 0 Å². The predicted octanol–water partition coefficient (Wildman–Crippen LogP) is 18.7. The van der Waals surface area contributed by atoms with Crippen LogP contribution in [0, 0.1) is 0 Å². The van der Waals surface area contributed by atoms with E-state index in [4.69, 9.17) is 37.0 Å². The van der Waals surface area contributed by atoms with Gasteiger partial charge in [0.05, 0.1) is 26.4 Å². The molecule has 0 aromatic heterocycles. The van der Waals surface area contributed by atoms with Crippen molar-refractivity contribution in [3.8, 4) is 0 Å². The van der Waals surface area contributed by atoms with Crippen LogP contribution in [-0.4, -0.2) is 96.7 Å². The van der Waals surface area contributed by atoms with Crippen LogP contribution >= 0.6 is 15.6 Å². The number of esters is 4. The zero-order valence-corrected chi connectivity index (χ0v) is 56.6. The zero-order valence-electron chi connectivity index (χ0n) is 54.8. The molecule has 0 aromatic carbocycles. The molecule has 0 rings (SSSR count). The van der Waals surface area contributed by atoms with Crippen molar-refractivity contribution in [2.75, 3.05) is 39.6 Å². The molecule has 0 heterocycles. The lowest BCUT2D eigenvalue weighted by molar-refractivity contribution is -0.161. The quantitative estimate of drug-likeness (QED) is 0.0169. The van der Waals surface area contributed by atoms with E-state index >= 15 is 0 Å². The summed E-state index contributed by atoms with van der Waals surface area (Å²) in [5, 5.41) is 10.5. The largest absolute Gasteiger partial charge is 0.472 e. The molecular weight excluding hydrogens is 1140 g/mol. The SMILES string of the molecule is CCCCCC/C=C\C=C/CCCCCCCC(=O)OC[C@H](COP(=O)(O)OC[C@@H](O)COP(=O)(O)OC[C@@H](COC(=O)CCCCCCC)OC(=O)CCCCCCCCC)OC(=O)CCCCCCCCCCCCCCCCCCCCC. The molecule has 86 heavy (non-hydrogen) atoms. The van der Waals surface area contributed by atoms with Crippen LogP contribution in [0.25, 0.3) is 0 Å². The maximum Gasteiger partial charge on any atom is 0.472 e. The van der Waals surface area contributed by atoms with Gasteiger partial charge in [0.15, 0.2) is 12.2 Å². The topological polar surface area (TPSA) is 237 Å². The number of phosphoric acid groups is 2. The number of ether oxygens (including phenoxy) is 4. The first kappa shape index (κ1) is 83.5. The van der Waals surface area contributed by atoms with Crippen LogP contribution in [0.4, 0.5) is 0 Å². The van der Waals surface area contributed by atoms with Crippen molar-refractivity contribution in [2.45, 2.75) is 341 Å². The van der Waals surface area contributed by atoms with Crippen molar-refractivity contribution in [1.29, 1.82) is 0 Å². The Hall–Kier alpha value is -2.46. The van der Waals surface area contributed by atoms with Gasteiger partial charge in [0, 0.05) is 25.7 Å². The van der Waals surface area contributed by atoms with Gasteiger partial charge in [-0.3, -0.25) is 37.3 Å². The summed E-state index contributed by atoms with van der Waals surface area (Å²) in [6, 6.07) is 0. The van der Waals surface area contributed by atoms with Gasteiger partial charge in [-0.25, -0.2) is 9.13 Å². The van der Waals surface area contributed by atoms with Gasteiger partial charge in [-0.15, -0.1) is 0 Å². The summed E-state index contributed by atoms with van der Waals surface area (Å²) in [6.45, 7) is 4.72. The summed E-state index contributed by atoms with van der Waals surface area (Å²) < 4.78 is 67.7. The van der Waals surface area contributed by atoms with Crippen LogP contribution in [-0.2, 0) is 65.4 Å². The summed E-state index contributed by atoms with van der Waals surface area (Å²) in [7, 11) is -9.89. The summed E-state index contributed by atoms with van der Waals surface area (Å²) in [5.74, 6) is -2.17. The summed E-state index contributed by atoms with van der Waals surface area (Å²) in [4.78, 5) is 71.9. The first-order valence-corrected chi connectivity index (χ1v) is 37.6. The fourth-order valence-electron chi connectivity index (χ4n) is 9.62. The molecule has 0 bridgehead atoms. The number of unbranched alkanes of at least 4 members (excludes halogenated alkanes) is 37. The minimum absolute atomic E-state index is 0.101. The number of hydrogen-bond donors (Lipinski definition) is 3. The fourth-order valence-corrected chi connectivity index (χ4v) is 11.2. The Bertz CT molecular complexity index is 1750. The Morgan fingerprint density at radius 3 is 0.849 bits per heavy atom. The highest BCUT2D eigenvalue weighted by molar-refractivity contribution is 7.47. The number of carbonyl (C=O) groups excluding carboxylic acids is 4. The fraction of sp³-hybridized carbons (Fsp3) is 0.881. The van der Waals surface area contributed by atoms with E-state index in [9.17, 15) is 43.2 Å². The molecule has 17 nitrogen and oxygen atoms in total. The lowest BCUT2D eigenvalue weighted by Crippen LogP contribution is -2.30. The number of carbonyl (C=O) groups is 4. The van der Waals surface area contributed by atoms with Crippen molar-refractivity contribution < 1.29 is 80.2 Å². The minimum atomic E-state index is -4.95. The number of aliphatic hydroxyl groups is 1. The molecule has 0 radical (unpaired) electrons. The second kappa shape index (κ2) is 61.4.